The average Bonchev–Trinajstić information content (AvgIpc) is 2.25. The number of nitrogens with one attached hydrogen (secondary N) is 1. The van der Waals surface area contributed by atoms with E-state index in [9.17, 15) is 5.11 Å². The van der Waals surface area contributed by atoms with E-state index < -0.39 is 0 Å². The second-order valence-electron chi connectivity index (χ2n) is 7.41. The highest BCUT2D eigenvalue weighted by Gasteiger charge is 2.33. The molecule has 0 aliphatic carbocycles. The molecule has 2 unspecified atom stereocenters. The van der Waals surface area contributed by atoms with Crippen molar-refractivity contribution in [3.63, 3.8) is 0 Å². The second kappa shape index (κ2) is 6.53. The Morgan fingerprint density at radius 3 is 2.53 bits per heavy atom. The van der Waals surface area contributed by atoms with Crippen molar-refractivity contribution in [2.45, 2.75) is 58.8 Å². The van der Waals surface area contributed by atoms with Crippen molar-refractivity contribution in [2.24, 2.45) is 5.41 Å². The topological polar surface area (TPSA) is 44.7 Å². The molecule has 2 N–H and O–H groups in total. The third-order valence-electron chi connectivity index (χ3n) is 3.88. The third kappa shape index (κ3) is 5.38. The summed E-state index contributed by atoms with van der Waals surface area (Å²) >= 11 is 0. The lowest BCUT2D eigenvalue weighted by molar-refractivity contribution is -0.149. The molecule has 1 aliphatic heterocycles. The summed E-state index contributed by atoms with van der Waals surface area (Å²) in [7, 11) is 2.04. The van der Waals surface area contributed by atoms with Crippen LogP contribution in [0.3, 0.4) is 0 Å². The predicted octanol–water partition coefficient (Wildman–Crippen LogP) is 1.48. The molecule has 1 rings (SSSR count). The summed E-state index contributed by atoms with van der Waals surface area (Å²) in [5.74, 6) is 0. The van der Waals surface area contributed by atoms with E-state index in [1.54, 1.807) is 0 Å². The number of rotatable bonds is 5. The summed E-state index contributed by atoms with van der Waals surface area (Å²) in [6.45, 7) is 13.9. The van der Waals surface area contributed by atoms with Crippen LogP contribution in [0.15, 0.2) is 0 Å². The Kier molecular flexibility index (Phi) is 5.80. The molecule has 0 amide bonds. The van der Waals surface area contributed by atoms with Crippen molar-refractivity contribution in [3.8, 4) is 0 Å². The quantitative estimate of drug-likeness (QED) is 0.796. The molecule has 1 heterocycles. The zero-order valence-corrected chi connectivity index (χ0v) is 13.5. The fourth-order valence-electron chi connectivity index (χ4n) is 3.00. The van der Waals surface area contributed by atoms with Crippen LogP contribution in [0.5, 0.6) is 0 Å². The first-order valence-corrected chi connectivity index (χ1v) is 7.36. The van der Waals surface area contributed by atoms with Crippen LogP contribution < -0.4 is 5.32 Å². The summed E-state index contributed by atoms with van der Waals surface area (Å²) in [5.41, 5.74) is 0.107. The zero-order chi connectivity index (χ0) is 14.7. The van der Waals surface area contributed by atoms with Gasteiger partial charge in [0.1, 0.15) is 0 Å². The molecule has 4 nitrogen and oxygen atoms in total. The molecule has 19 heavy (non-hydrogen) atoms. The van der Waals surface area contributed by atoms with Crippen LogP contribution in [-0.2, 0) is 4.74 Å². The van der Waals surface area contributed by atoms with Crippen LogP contribution in [0.2, 0.25) is 0 Å². The molecule has 0 saturated carbocycles. The minimum Gasteiger partial charge on any atom is -0.394 e. The van der Waals surface area contributed by atoms with Gasteiger partial charge in [-0.1, -0.05) is 20.8 Å². The van der Waals surface area contributed by atoms with Gasteiger partial charge in [-0.25, -0.2) is 0 Å². The summed E-state index contributed by atoms with van der Waals surface area (Å²) in [5, 5.41) is 12.8. The van der Waals surface area contributed by atoms with E-state index in [2.05, 4.69) is 44.8 Å². The SMILES string of the molecule is CNC(CCN1CC(CO)OC(C)(C)C1)C(C)(C)C. The van der Waals surface area contributed by atoms with Gasteiger partial charge in [-0.15, -0.1) is 0 Å². The lowest BCUT2D eigenvalue weighted by Crippen LogP contribution is -2.54. The molecule has 1 aliphatic rings. The molecule has 1 saturated heterocycles. The highest BCUT2D eigenvalue weighted by Crippen LogP contribution is 2.24. The van der Waals surface area contributed by atoms with Crippen LogP contribution in [0, 0.1) is 5.41 Å². The maximum atomic E-state index is 9.33. The Morgan fingerprint density at radius 1 is 1.42 bits per heavy atom. The number of aliphatic hydroxyl groups excluding tert-OH is 1. The Hall–Kier alpha value is -0.160. The van der Waals surface area contributed by atoms with E-state index in [0.29, 0.717) is 6.04 Å². The summed E-state index contributed by atoms with van der Waals surface area (Å²) < 4.78 is 5.85. The van der Waals surface area contributed by atoms with Gasteiger partial charge in [-0.3, -0.25) is 4.90 Å². The van der Waals surface area contributed by atoms with Crippen molar-refractivity contribution in [3.05, 3.63) is 0 Å². The summed E-state index contributed by atoms with van der Waals surface area (Å²) in [4.78, 5) is 2.42. The van der Waals surface area contributed by atoms with Gasteiger partial charge in [-0.05, 0) is 39.3 Å². The van der Waals surface area contributed by atoms with Gasteiger partial charge >= 0.3 is 0 Å². The first-order chi connectivity index (χ1) is 8.68. The lowest BCUT2D eigenvalue weighted by atomic mass is 9.84. The van der Waals surface area contributed by atoms with E-state index >= 15 is 0 Å². The van der Waals surface area contributed by atoms with Crippen LogP contribution in [-0.4, -0.2) is 61.0 Å². The number of ether oxygens (including phenoxy) is 1. The number of morpholine rings is 1. The van der Waals surface area contributed by atoms with Crippen LogP contribution >= 0.6 is 0 Å². The molecule has 1 fully saturated rings. The number of hydrogen-bond donors (Lipinski definition) is 2. The number of aliphatic hydroxyl groups is 1. The molecular formula is C15H32N2O2. The van der Waals surface area contributed by atoms with Gasteiger partial charge < -0.3 is 15.2 Å². The molecule has 0 aromatic heterocycles. The van der Waals surface area contributed by atoms with Gasteiger partial charge in [0.15, 0.2) is 0 Å². The average molecular weight is 272 g/mol. The Balaban J connectivity index is 2.52. The zero-order valence-electron chi connectivity index (χ0n) is 13.5. The minimum atomic E-state index is -0.164. The summed E-state index contributed by atoms with van der Waals surface area (Å²) in [6, 6.07) is 0.506. The van der Waals surface area contributed by atoms with Crippen LogP contribution in [0.25, 0.3) is 0 Å². The first-order valence-electron chi connectivity index (χ1n) is 7.36. The molecular weight excluding hydrogens is 240 g/mol. The minimum absolute atomic E-state index is 0.0496. The van der Waals surface area contributed by atoms with E-state index in [1.807, 2.05) is 7.05 Å². The van der Waals surface area contributed by atoms with Crippen molar-refractivity contribution in [1.29, 1.82) is 0 Å². The molecule has 0 radical (unpaired) electrons. The molecule has 2 atom stereocenters. The number of hydrogen-bond acceptors (Lipinski definition) is 4. The highest BCUT2D eigenvalue weighted by atomic mass is 16.5. The monoisotopic (exact) mass is 272 g/mol. The maximum absolute atomic E-state index is 9.33. The van der Waals surface area contributed by atoms with Crippen molar-refractivity contribution in [1.82, 2.24) is 10.2 Å². The van der Waals surface area contributed by atoms with Crippen molar-refractivity contribution < 1.29 is 9.84 Å². The van der Waals surface area contributed by atoms with Gasteiger partial charge in [0.2, 0.25) is 0 Å². The molecule has 114 valence electrons. The van der Waals surface area contributed by atoms with Crippen LogP contribution in [0.4, 0.5) is 0 Å². The van der Waals surface area contributed by atoms with Crippen LogP contribution in [0.1, 0.15) is 41.0 Å². The van der Waals surface area contributed by atoms with Gasteiger partial charge in [0.05, 0.1) is 18.3 Å². The molecule has 0 spiro atoms. The van der Waals surface area contributed by atoms with Gasteiger partial charge in [0.25, 0.3) is 0 Å². The van der Waals surface area contributed by atoms with Crippen molar-refractivity contribution >= 4 is 0 Å². The Labute approximate surface area is 118 Å². The number of nitrogens with zero attached hydrogens (tertiary/aromatic N) is 1. The standard InChI is InChI=1S/C15H32N2O2/c1-14(2,3)13(16-6)7-8-17-9-12(10-18)19-15(4,5)11-17/h12-13,16,18H,7-11H2,1-6H3. The largest absolute Gasteiger partial charge is 0.394 e. The van der Waals surface area contributed by atoms with Gasteiger partial charge in [-0.2, -0.15) is 0 Å². The normalized spacial score (nSPS) is 26.4. The highest BCUT2D eigenvalue weighted by molar-refractivity contribution is 4.86. The van der Waals surface area contributed by atoms with E-state index in [1.165, 1.54) is 0 Å². The Bertz CT molecular complexity index is 274. The molecule has 0 bridgehead atoms. The smallest absolute Gasteiger partial charge is 0.0940 e. The van der Waals surface area contributed by atoms with E-state index in [-0.39, 0.29) is 23.7 Å². The second-order valence-corrected chi connectivity index (χ2v) is 7.41. The first kappa shape index (κ1) is 16.9. The van der Waals surface area contributed by atoms with Gasteiger partial charge in [0, 0.05) is 19.1 Å². The Morgan fingerprint density at radius 2 is 2.05 bits per heavy atom. The van der Waals surface area contributed by atoms with E-state index in [0.717, 1.165) is 26.1 Å². The molecule has 4 heteroatoms. The molecule has 0 aromatic rings. The maximum Gasteiger partial charge on any atom is 0.0940 e. The predicted molar refractivity (Wildman–Crippen MR) is 79.4 cm³/mol. The third-order valence-corrected chi connectivity index (χ3v) is 3.88. The van der Waals surface area contributed by atoms with E-state index in [4.69, 9.17) is 4.74 Å². The lowest BCUT2D eigenvalue weighted by Gasteiger charge is -2.43. The fraction of sp³-hybridized carbons (Fsp3) is 1.00. The molecule has 0 aromatic carbocycles. The fourth-order valence-corrected chi connectivity index (χ4v) is 3.00. The van der Waals surface area contributed by atoms with Crippen molar-refractivity contribution in [2.75, 3.05) is 33.3 Å². The summed E-state index contributed by atoms with van der Waals surface area (Å²) in [6.07, 6.45) is 1.07.